The second kappa shape index (κ2) is 8.85. The highest BCUT2D eigenvalue weighted by Crippen LogP contribution is 2.44. The maximum atomic E-state index is 11.6. The SMILES string of the molecule is CCCC1(CC(=O)O)OCCc2c1[nH]c1c(C)c(OCCCOC)cc(C#N)c21. The fourth-order valence-corrected chi connectivity index (χ4v) is 4.31. The van der Waals surface area contributed by atoms with E-state index in [9.17, 15) is 15.2 Å². The van der Waals surface area contributed by atoms with Crippen molar-refractivity contribution in [1.29, 1.82) is 5.26 Å². The summed E-state index contributed by atoms with van der Waals surface area (Å²) < 4.78 is 17.0. The first kappa shape index (κ1) is 21.2. The maximum Gasteiger partial charge on any atom is 0.306 e. The van der Waals surface area contributed by atoms with Gasteiger partial charge in [0.25, 0.3) is 0 Å². The fraction of sp³-hybridized carbons (Fsp3) is 0.545. The van der Waals surface area contributed by atoms with Gasteiger partial charge in [0.2, 0.25) is 0 Å². The number of aromatic nitrogens is 1. The van der Waals surface area contributed by atoms with Gasteiger partial charge in [-0.3, -0.25) is 4.79 Å². The number of aromatic amines is 1. The first-order chi connectivity index (χ1) is 14.0. The zero-order valence-corrected chi connectivity index (χ0v) is 17.3. The van der Waals surface area contributed by atoms with Crippen molar-refractivity contribution < 1.29 is 24.1 Å². The highest BCUT2D eigenvalue weighted by Gasteiger charge is 2.42. The van der Waals surface area contributed by atoms with Crippen molar-refractivity contribution in [1.82, 2.24) is 4.98 Å². The summed E-state index contributed by atoms with van der Waals surface area (Å²) in [4.78, 5) is 15.0. The molecule has 2 aromatic rings. The van der Waals surface area contributed by atoms with Crippen LogP contribution in [0.3, 0.4) is 0 Å². The minimum atomic E-state index is -0.899. The average Bonchev–Trinajstić information content (AvgIpc) is 3.08. The Morgan fingerprint density at radius 3 is 2.90 bits per heavy atom. The molecule has 1 aliphatic rings. The number of aliphatic carboxylic acids is 1. The molecule has 3 rings (SSSR count). The van der Waals surface area contributed by atoms with Crippen LogP contribution < -0.4 is 4.74 Å². The second-order valence-corrected chi connectivity index (χ2v) is 7.50. The number of carbonyl (C=O) groups is 1. The third-order valence-electron chi connectivity index (χ3n) is 5.54. The molecule has 156 valence electrons. The number of nitriles is 1. The summed E-state index contributed by atoms with van der Waals surface area (Å²) in [6, 6.07) is 4.08. The standard InChI is InChI=1S/C22H28N2O5/c1-4-7-22(12-18(25)26)21-16(6-10-29-22)19-15(13-23)11-17(14(2)20(19)24-21)28-9-5-8-27-3/h11,24H,4-10,12H2,1-3H3,(H,25,26). The van der Waals surface area contributed by atoms with Crippen LogP contribution in [0.1, 0.15) is 55.0 Å². The zero-order valence-electron chi connectivity index (χ0n) is 17.3. The highest BCUT2D eigenvalue weighted by atomic mass is 16.5. The number of nitrogens with one attached hydrogen (secondary N) is 1. The lowest BCUT2D eigenvalue weighted by molar-refractivity contribution is -0.149. The number of carboxylic acids is 1. The highest BCUT2D eigenvalue weighted by molar-refractivity contribution is 5.94. The number of rotatable bonds is 9. The van der Waals surface area contributed by atoms with Crippen molar-refractivity contribution in [2.24, 2.45) is 0 Å². The van der Waals surface area contributed by atoms with Crippen LogP contribution in [-0.4, -0.2) is 43.0 Å². The number of methoxy groups -OCH3 is 1. The van der Waals surface area contributed by atoms with Crippen LogP contribution in [0.5, 0.6) is 5.75 Å². The van der Waals surface area contributed by atoms with Crippen molar-refractivity contribution in [3.63, 3.8) is 0 Å². The van der Waals surface area contributed by atoms with Gasteiger partial charge in [-0.15, -0.1) is 0 Å². The van der Waals surface area contributed by atoms with Crippen LogP contribution in [0.15, 0.2) is 6.07 Å². The molecule has 2 heterocycles. The molecule has 0 radical (unpaired) electrons. The first-order valence-corrected chi connectivity index (χ1v) is 10.0. The second-order valence-electron chi connectivity index (χ2n) is 7.50. The zero-order chi connectivity index (χ0) is 21.0. The first-order valence-electron chi connectivity index (χ1n) is 10.0. The number of benzene rings is 1. The summed E-state index contributed by atoms with van der Waals surface area (Å²) in [5.41, 5.74) is 3.16. The molecular formula is C22H28N2O5. The average molecular weight is 400 g/mol. The lowest BCUT2D eigenvalue weighted by Crippen LogP contribution is -2.37. The summed E-state index contributed by atoms with van der Waals surface area (Å²) in [6.45, 7) is 5.51. The summed E-state index contributed by atoms with van der Waals surface area (Å²) in [5, 5.41) is 20.2. The molecule has 0 spiro atoms. The summed E-state index contributed by atoms with van der Waals surface area (Å²) in [6.07, 6.45) is 2.67. The van der Waals surface area contributed by atoms with E-state index in [1.807, 2.05) is 13.8 Å². The number of fused-ring (bicyclic) bond motifs is 3. The van der Waals surface area contributed by atoms with E-state index >= 15 is 0 Å². The van der Waals surface area contributed by atoms with E-state index in [0.29, 0.717) is 44.0 Å². The van der Waals surface area contributed by atoms with Gasteiger partial charge in [0.05, 0.1) is 42.5 Å². The molecule has 29 heavy (non-hydrogen) atoms. The van der Waals surface area contributed by atoms with Gasteiger partial charge in [0.1, 0.15) is 11.4 Å². The number of ether oxygens (including phenoxy) is 3. The third kappa shape index (κ3) is 3.96. The van der Waals surface area contributed by atoms with Crippen molar-refractivity contribution in [2.45, 2.75) is 51.6 Å². The molecule has 0 saturated heterocycles. The van der Waals surface area contributed by atoms with E-state index in [1.165, 1.54) is 0 Å². The van der Waals surface area contributed by atoms with Crippen LogP contribution in [0.2, 0.25) is 0 Å². The lowest BCUT2D eigenvalue weighted by atomic mass is 9.84. The summed E-state index contributed by atoms with van der Waals surface area (Å²) >= 11 is 0. The van der Waals surface area contributed by atoms with Gasteiger partial charge in [-0.1, -0.05) is 13.3 Å². The van der Waals surface area contributed by atoms with E-state index in [1.54, 1.807) is 13.2 Å². The Kier molecular flexibility index (Phi) is 6.46. The summed E-state index contributed by atoms with van der Waals surface area (Å²) in [5.74, 6) is -0.242. The van der Waals surface area contributed by atoms with Crippen LogP contribution in [0, 0.1) is 18.3 Å². The van der Waals surface area contributed by atoms with Crippen molar-refractivity contribution in [2.75, 3.05) is 26.9 Å². The van der Waals surface area contributed by atoms with Gasteiger partial charge < -0.3 is 24.3 Å². The van der Waals surface area contributed by atoms with E-state index in [4.69, 9.17) is 14.2 Å². The molecule has 2 N–H and O–H groups in total. The molecule has 1 aromatic carbocycles. The van der Waals surface area contributed by atoms with Crippen LogP contribution in [0.25, 0.3) is 10.9 Å². The Morgan fingerprint density at radius 1 is 1.45 bits per heavy atom. The van der Waals surface area contributed by atoms with Crippen LogP contribution in [-0.2, 0) is 26.3 Å². The van der Waals surface area contributed by atoms with Crippen molar-refractivity contribution >= 4 is 16.9 Å². The Balaban J connectivity index is 2.14. The van der Waals surface area contributed by atoms with Crippen LogP contribution >= 0.6 is 0 Å². The minimum absolute atomic E-state index is 0.109. The molecule has 0 bridgehead atoms. The van der Waals surface area contributed by atoms with Crippen molar-refractivity contribution in [3.8, 4) is 11.8 Å². The normalized spacial score (nSPS) is 18.4. The van der Waals surface area contributed by atoms with E-state index in [0.717, 1.165) is 40.6 Å². The topological polar surface area (TPSA) is 105 Å². The molecule has 0 amide bonds. The lowest BCUT2D eigenvalue weighted by Gasteiger charge is -2.36. The largest absolute Gasteiger partial charge is 0.493 e. The number of aryl methyl sites for hydroxylation is 1. The summed E-state index contributed by atoms with van der Waals surface area (Å²) in [7, 11) is 1.65. The van der Waals surface area contributed by atoms with Crippen molar-refractivity contribution in [3.05, 3.63) is 28.5 Å². The Bertz CT molecular complexity index is 943. The molecular weight excluding hydrogens is 372 g/mol. The molecule has 1 aromatic heterocycles. The molecule has 7 heteroatoms. The Labute approximate surface area is 170 Å². The predicted molar refractivity (Wildman–Crippen MR) is 108 cm³/mol. The maximum absolute atomic E-state index is 11.6. The molecule has 0 saturated carbocycles. The molecule has 1 unspecified atom stereocenters. The quantitative estimate of drug-likeness (QED) is 0.620. The minimum Gasteiger partial charge on any atom is -0.493 e. The molecule has 1 atom stereocenters. The number of hydrogen-bond donors (Lipinski definition) is 2. The van der Waals surface area contributed by atoms with Gasteiger partial charge in [-0.05, 0) is 31.4 Å². The molecule has 7 nitrogen and oxygen atoms in total. The van der Waals surface area contributed by atoms with Gasteiger partial charge in [-0.25, -0.2) is 0 Å². The van der Waals surface area contributed by atoms with Gasteiger partial charge >= 0.3 is 5.97 Å². The Hall–Kier alpha value is -2.56. The molecule has 0 fully saturated rings. The van der Waals surface area contributed by atoms with Gasteiger partial charge in [-0.2, -0.15) is 5.26 Å². The Morgan fingerprint density at radius 2 is 2.24 bits per heavy atom. The number of carboxylic acid groups (broad SMARTS) is 1. The van der Waals surface area contributed by atoms with Gasteiger partial charge in [0.15, 0.2) is 0 Å². The predicted octanol–water partition coefficient (Wildman–Crippen LogP) is 3.81. The number of hydrogen-bond acceptors (Lipinski definition) is 5. The third-order valence-corrected chi connectivity index (χ3v) is 5.54. The fourth-order valence-electron chi connectivity index (χ4n) is 4.31. The monoisotopic (exact) mass is 400 g/mol. The number of H-pyrrole nitrogens is 1. The van der Waals surface area contributed by atoms with E-state index < -0.39 is 11.6 Å². The van der Waals surface area contributed by atoms with E-state index in [-0.39, 0.29) is 6.42 Å². The van der Waals surface area contributed by atoms with Crippen LogP contribution in [0.4, 0.5) is 0 Å². The molecule has 0 aliphatic carbocycles. The number of nitrogens with zero attached hydrogens (tertiary/aromatic N) is 1. The van der Waals surface area contributed by atoms with Gasteiger partial charge in [0, 0.05) is 31.1 Å². The smallest absolute Gasteiger partial charge is 0.306 e. The van der Waals surface area contributed by atoms with E-state index in [2.05, 4.69) is 11.1 Å². The molecule has 1 aliphatic heterocycles.